The molecule has 0 spiro atoms. The van der Waals surface area contributed by atoms with Crippen molar-refractivity contribution in [2.45, 2.75) is 19.4 Å². The Kier molecular flexibility index (Phi) is 4.39. The number of likely N-dealkylation sites (N-methyl/N-ethyl adjacent to an activating group) is 1. The van der Waals surface area contributed by atoms with E-state index in [2.05, 4.69) is 16.8 Å². The van der Waals surface area contributed by atoms with Crippen molar-refractivity contribution in [1.82, 2.24) is 24.3 Å². The summed E-state index contributed by atoms with van der Waals surface area (Å²) in [5.74, 6) is 0.973. The summed E-state index contributed by atoms with van der Waals surface area (Å²) in [4.78, 5) is 34.9. The van der Waals surface area contributed by atoms with E-state index in [1.807, 2.05) is 22.7 Å². The molecule has 2 amide bonds. The molecule has 0 aromatic carbocycles. The lowest BCUT2D eigenvalue weighted by molar-refractivity contribution is -0.139. The number of likely N-dealkylation sites (tertiary alicyclic amines) is 1. The van der Waals surface area contributed by atoms with E-state index in [0.717, 1.165) is 25.5 Å². The number of aryl methyl sites for hydroxylation is 1. The maximum absolute atomic E-state index is 12.8. The Morgan fingerprint density at radius 3 is 2.65 bits per heavy atom. The maximum atomic E-state index is 12.8. The van der Waals surface area contributed by atoms with E-state index in [0.29, 0.717) is 19.5 Å². The first kappa shape index (κ1) is 16.0. The topological polar surface area (TPSA) is 61.7 Å². The number of nitrogens with zero attached hydrogens (tertiary/aromatic N) is 5. The van der Waals surface area contributed by atoms with Gasteiger partial charge in [0.2, 0.25) is 11.8 Å². The van der Waals surface area contributed by atoms with Crippen LogP contribution in [-0.2, 0) is 16.6 Å². The smallest absolute Gasteiger partial charge is 0.228 e. The number of carbonyl (C=O) groups excluding carboxylic acids is 2. The molecule has 2 atom stereocenters. The van der Waals surface area contributed by atoms with E-state index in [1.165, 1.54) is 0 Å². The van der Waals surface area contributed by atoms with Gasteiger partial charge in [-0.05, 0) is 6.54 Å². The summed E-state index contributed by atoms with van der Waals surface area (Å²) < 4.78 is 2.02. The van der Waals surface area contributed by atoms with Crippen molar-refractivity contribution >= 4 is 11.8 Å². The van der Waals surface area contributed by atoms with E-state index < -0.39 is 0 Å². The molecule has 1 aromatic heterocycles. The average Bonchev–Trinajstić information content (AvgIpc) is 3.12. The predicted octanol–water partition coefficient (Wildman–Crippen LogP) is 0.104. The molecule has 7 heteroatoms. The standard InChI is InChI=1S/C16H25N5O2/c1-4-20-7-8-21(11-13(20)15-17-5-6-18(15)2)16(23)12-9-14(22)19(3)10-12/h5-6,12-13H,4,7-11H2,1-3H3. The van der Waals surface area contributed by atoms with Gasteiger partial charge in [-0.15, -0.1) is 0 Å². The Hall–Kier alpha value is -1.89. The minimum Gasteiger partial charge on any atom is -0.345 e. The third kappa shape index (κ3) is 2.97. The zero-order valence-electron chi connectivity index (χ0n) is 14.1. The third-order valence-electron chi connectivity index (χ3n) is 5.06. The highest BCUT2D eigenvalue weighted by Crippen LogP contribution is 2.26. The number of carbonyl (C=O) groups is 2. The number of imidazole rings is 1. The molecule has 0 N–H and O–H groups in total. The van der Waals surface area contributed by atoms with Crippen molar-refractivity contribution in [3.63, 3.8) is 0 Å². The number of piperazine rings is 1. The molecule has 0 saturated carbocycles. The van der Waals surface area contributed by atoms with Crippen molar-refractivity contribution < 1.29 is 9.59 Å². The van der Waals surface area contributed by atoms with Gasteiger partial charge in [-0.3, -0.25) is 14.5 Å². The van der Waals surface area contributed by atoms with Gasteiger partial charge in [-0.1, -0.05) is 6.92 Å². The van der Waals surface area contributed by atoms with Gasteiger partial charge in [0.1, 0.15) is 5.82 Å². The average molecular weight is 319 g/mol. The van der Waals surface area contributed by atoms with Crippen LogP contribution in [0.3, 0.4) is 0 Å². The van der Waals surface area contributed by atoms with Crippen molar-refractivity contribution in [3.05, 3.63) is 18.2 Å². The Morgan fingerprint density at radius 1 is 1.30 bits per heavy atom. The van der Waals surface area contributed by atoms with Crippen LogP contribution in [0, 0.1) is 5.92 Å². The van der Waals surface area contributed by atoms with Crippen molar-refractivity contribution in [1.29, 1.82) is 0 Å². The number of hydrogen-bond donors (Lipinski definition) is 0. The van der Waals surface area contributed by atoms with Crippen LogP contribution in [-0.4, -0.2) is 75.8 Å². The van der Waals surface area contributed by atoms with Gasteiger partial charge in [-0.2, -0.15) is 0 Å². The Bertz CT molecular complexity index is 599. The molecule has 0 bridgehead atoms. The molecular formula is C16H25N5O2. The maximum Gasteiger partial charge on any atom is 0.228 e. The summed E-state index contributed by atoms with van der Waals surface area (Å²) in [6.45, 7) is 5.82. The lowest BCUT2D eigenvalue weighted by Crippen LogP contribution is -2.52. The van der Waals surface area contributed by atoms with Gasteiger partial charge >= 0.3 is 0 Å². The van der Waals surface area contributed by atoms with Gasteiger partial charge < -0.3 is 14.4 Å². The molecule has 2 aliphatic heterocycles. The van der Waals surface area contributed by atoms with Crippen LogP contribution >= 0.6 is 0 Å². The molecule has 2 saturated heterocycles. The quantitative estimate of drug-likeness (QED) is 0.793. The molecule has 7 nitrogen and oxygen atoms in total. The molecule has 2 fully saturated rings. The molecule has 2 aliphatic rings. The largest absolute Gasteiger partial charge is 0.345 e. The molecule has 0 radical (unpaired) electrons. The highest BCUT2D eigenvalue weighted by molar-refractivity contribution is 5.89. The second-order valence-corrected chi connectivity index (χ2v) is 6.50. The van der Waals surface area contributed by atoms with Crippen LogP contribution in [0.15, 0.2) is 12.4 Å². The minimum absolute atomic E-state index is 0.0659. The van der Waals surface area contributed by atoms with Crippen LogP contribution < -0.4 is 0 Å². The van der Waals surface area contributed by atoms with Gasteiger partial charge in [-0.25, -0.2) is 4.98 Å². The fourth-order valence-electron chi connectivity index (χ4n) is 3.63. The fourth-order valence-corrected chi connectivity index (χ4v) is 3.63. The van der Waals surface area contributed by atoms with E-state index in [-0.39, 0.29) is 23.8 Å². The zero-order chi connectivity index (χ0) is 16.6. The first-order chi connectivity index (χ1) is 11.0. The Labute approximate surface area is 136 Å². The van der Waals surface area contributed by atoms with E-state index in [1.54, 1.807) is 18.1 Å². The van der Waals surface area contributed by atoms with Crippen molar-refractivity contribution in [2.24, 2.45) is 13.0 Å². The number of rotatable bonds is 3. The number of aromatic nitrogens is 2. The van der Waals surface area contributed by atoms with Crippen molar-refractivity contribution in [3.8, 4) is 0 Å². The molecular weight excluding hydrogens is 294 g/mol. The highest BCUT2D eigenvalue weighted by atomic mass is 16.2. The molecule has 3 heterocycles. The normalized spacial score (nSPS) is 26.1. The second kappa shape index (κ2) is 6.31. The summed E-state index contributed by atoms with van der Waals surface area (Å²) in [5.41, 5.74) is 0. The van der Waals surface area contributed by atoms with E-state index in [4.69, 9.17) is 0 Å². The molecule has 2 unspecified atom stereocenters. The summed E-state index contributed by atoms with van der Waals surface area (Å²) >= 11 is 0. The molecule has 23 heavy (non-hydrogen) atoms. The first-order valence-electron chi connectivity index (χ1n) is 8.25. The fraction of sp³-hybridized carbons (Fsp3) is 0.688. The number of hydrogen-bond acceptors (Lipinski definition) is 4. The monoisotopic (exact) mass is 319 g/mol. The molecule has 126 valence electrons. The summed E-state index contributed by atoms with van der Waals surface area (Å²) in [7, 11) is 3.75. The lowest BCUT2D eigenvalue weighted by atomic mass is 10.0. The van der Waals surface area contributed by atoms with Gasteiger partial charge in [0.05, 0.1) is 12.0 Å². The molecule has 0 aliphatic carbocycles. The van der Waals surface area contributed by atoms with Gasteiger partial charge in [0.25, 0.3) is 0 Å². The van der Waals surface area contributed by atoms with E-state index >= 15 is 0 Å². The summed E-state index contributed by atoms with van der Waals surface area (Å²) in [6.07, 6.45) is 4.08. The SMILES string of the molecule is CCN1CCN(C(=O)C2CC(=O)N(C)C2)CC1c1nccn1C. The van der Waals surface area contributed by atoms with E-state index in [9.17, 15) is 9.59 Å². The van der Waals surface area contributed by atoms with Crippen LogP contribution in [0.4, 0.5) is 0 Å². The van der Waals surface area contributed by atoms with Crippen molar-refractivity contribution in [2.75, 3.05) is 39.8 Å². The molecule has 1 aromatic rings. The zero-order valence-corrected chi connectivity index (χ0v) is 14.1. The third-order valence-corrected chi connectivity index (χ3v) is 5.06. The predicted molar refractivity (Wildman–Crippen MR) is 85.5 cm³/mol. The molecule has 3 rings (SSSR count). The summed E-state index contributed by atoms with van der Waals surface area (Å²) in [5, 5.41) is 0. The summed E-state index contributed by atoms with van der Waals surface area (Å²) in [6, 6.07) is 0.118. The second-order valence-electron chi connectivity index (χ2n) is 6.50. The van der Waals surface area contributed by atoms with Gasteiger partial charge in [0, 0.05) is 59.1 Å². The van der Waals surface area contributed by atoms with Crippen LogP contribution in [0.25, 0.3) is 0 Å². The van der Waals surface area contributed by atoms with Crippen LogP contribution in [0.1, 0.15) is 25.2 Å². The lowest BCUT2D eigenvalue weighted by Gasteiger charge is -2.41. The van der Waals surface area contributed by atoms with Crippen LogP contribution in [0.2, 0.25) is 0 Å². The first-order valence-corrected chi connectivity index (χ1v) is 8.25. The minimum atomic E-state index is -0.192. The Balaban J connectivity index is 1.74. The Morgan fingerprint density at radius 2 is 2.09 bits per heavy atom. The number of amides is 2. The highest BCUT2D eigenvalue weighted by Gasteiger charge is 2.38. The van der Waals surface area contributed by atoms with Crippen LogP contribution in [0.5, 0.6) is 0 Å². The van der Waals surface area contributed by atoms with Gasteiger partial charge in [0.15, 0.2) is 0 Å².